The van der Waals surface area contributed by atoms with Crippen LogP contribution in [0.1, 0.15) is 47.6 Å². The summed E-state index contributed by atoms with van der Waals surface area (Å²) in [7, 11) is 0. The van der Waals surface area contributed by atoms with E-state index in [0.29, 0.717) is 33.7 Å². The Hall–Kier alpha value is -3.30. The molecule has 0 saturated heterocycles. The molecule has 2 atom stereocenters. The number of nitrogens with zero attached hydrogens (tertiary/aromatic N) is 4. The number of benzene rings is 2. The zero-order valence-electron chi connectivity index (χ0n) is 17.5. The summed E-state index contributed by atoms with van der Waals surface area (Å²) < 4.78 is 23.5. The smallest absolute Gasteiger partial charge is 0.351 e. The third-order valence-corrected chi connectivity index (χ3v) is 6.71. The summed E-state index contributed by atoms with van der Waals surface area (Å²) in [6.45, 7) is 3.35. The van der Waals surface area contributed by atoms with E-state index < -0.39 is 11.9 Å². The first-order valence-corrected chi connectivity index (χ1v) is 11.1. The van der Waals surface area contributed by atoms with Crippen LogP contribution in [0.15, 0.2) is 53.3 Å². The molecule has 0 bridgehead atoms. The van der Waals surface area contributed by atoms with Crippen molar-refractivity contribution in [1.82, 2.24) is 19.3 Å². The molecular weight excluding hydrogens is 431 g/mol. The number of rotatable bonds is 5. The average molecular weight is 453 g/mol. The first-order chi connectivity index (χ1) is 15.4. The van der Waals surface area contributed by atoms with Crippen molar-refractivity contribution in [3.05, 3.63) is 86.9 Å². The zero-order valence-corrected chi connectivity index (χ0v) is 18.3. The lowest BCUT2D eigenvalue weighted by molar-refractivity contribution is 0.198. The van der Waals surface area contributed by atoms with Gasteiger partial charge < -0.3 is 9.84 Å². The minimum Gasteiger partial charge on any atom is -0.442 e. The Bertz CT molecular complexity index is 1340. The van der Waals surface area contributed by atoms with Gasteiger partial charge in [-0.05, 0) is 38.0 Å². The summed E-state index contributed by atoms with van der Waals surface area (Å²) >= 11 is 1.17. The van der Waals surface area contributed by atoms with E-state index in [4.69, 9.17) is 4.74 Å². The Morgan fingerprint density at radius 1 is 1.25 bits per heavy atom. The number of aryl methyl sites for hydroxylation is 2. The number of halogens is 1. The molecule has 1 aliphatic heterocycles. The third kappa shape index (κ3) is 3.53. The molecule has 0 unspecified atom stereocenters. The first-order valence-electron chi connectivity index (χ1n) is 10.3. The molecule has 3 heterocycles. The minimum atomic E-state index is -0.724. The predicted octanol–water partition coefficient (Wildman–Crippen LogP) is 4.32. The number of aliphatic hydroxyl groups excluding tert-OH is 1. The number of thiazole rings is 1. The minimum absolute atomic E-state index is 0.0135. The molecule has 2 aromatic carbocycles. The van der Waals surface area contributed by atoms with E-state index in [-0.39, 0.29) is 17.5 Å². The lowest BCUT2D eigenvalue weighted by Crippen LogP contribution is -2.26. The van der Waals surface area contributed by atoms with Gasteiger partial charge in [-0.15, -0.1) is 5.10 Å². The summed E-state index contributed by atoms with van der Waals surface area (Å²) in [5.74, 6) is 0.0868. The number of fused-ring (bicyclic) bond motifs is 1. The monoisotopic (exact) mass is 452 g/mol. The van der Waals surface area contributed by atoms with E-state index in [0.717, 1.165) is 12.0 Å². The molecule has 1 aliphatic rings. The Morgan fingerprint density at radius 2 is 2.03 bits per heavy atom. The van der Waals surface area contributed by atoms with Crippen LogP contribution in [-0.2, 0) is 6.42 Å². The molecule has 164 valence electrons. The van der Waals surface area contributed by atoms with Gasteiger partial charge in [-0.25, -0.2) is 14.2 Å². The van der Waals surface area contributed by atoms with Crippen molar-refractivity contribution in [3.8, 4) is 16.5 Å². The van der Waals surface area contributed by atoms with Crippen LogP contribution in [0.2, 0.25) is 0 Å². The number of ether oxygens (including phenoxy) is 1. The number of aliphatic hydroxyl groups is 1. The Balaban J connectivity index is 1.45. The second-order valence-corrected chi connectivity index (χ2v) is 8.76. The SMILES string of the molecule is Cc1nc([C@H](C)O)sc1Oc1ccc(-n2nc3n(c2=O)[C@H](c2ccccc2)CC3)cc1F. The number of hydrogen-bond donors (Lipinski definition) is 1. The first kappa shape index (κ1) is 20.6. The summed E-state index contributed by atoms with van der Waals surface area (Å²) in [5.41, 5.74) is 1.67. The van der Waals surface area contributed by atoms with Crippen molar-refractivity contribution >= 4 is 11.3 Å². The van der Waals surface area contributed by atoms with Crippen molar-refractivity contribution < 1.29 is 14.2 Å². The molecule has 0 aliphatic carbocycles. The third-order valence-electron chi connectivity index (χ3n) is 5.51. The lowest BCUT2D eigenvalue weighted by Gasteiger charge is -2.12. The summed E-state index contributed by atoms with van der Waals surface area (Å²) in [6, 6.07) is 14.1. The van der Waals surface area contributed by atoms with Crippen molar-refractivity contribution in [2.24, 2.45) is 0 Å². The maximum atomic E-state index is 14.9. The lowest BCUT2D eigenvalue weighted by atomic mass is 10.1. The standard InChI is InChI=1S/C23H21FN4O3S/c1-13-22(32-21(25-13)14(2)29)31-19-10-8-16(12-17(19)24)28-23(30)27-18(9-11-20(27)26-28)15-6-4-3-5-7-15/h3-8,10,12,14,18,29H,9,11H2,1-2H3/t14-,18-/m0/s1. The molecule has 0 amide bonds. The molecule has 32 heavy (non-hydrogen) atoms. The molecule has 0 spiro atoms. The molecule has 0 radical (unpaired) electrons. The van der Waals surface area contributed by atoms with Gasteiger partial charge in [0.2, 0.25) is 5.06 Å². The predicted molar refractivity (Wildman–Crippen MR) is 118 cm³/mol. The second kappa shape index (κ2) is 7.99. The van der Waals surface area contributed by atoms with Gasteiger partial charge in [-0.1, -0.05) is 41.7 Å². The average Bonchev–Trinajstić information content (AvgIpc) is 3.45. The van der Waals surface area contributed by atoms with Gasteiger partial charge in [-0.2, -0.15) is 4.68 Å². The van der Waals surface area contributed by atoms with Crippen LogP contribution in [0.25, 0.3) is 5.69 Å². The highest BCUT2D eigenvalue weighted by molar-refractivity contribution is 7.13. The maximum absolute atomic E-state index is 14.9. The van der Waals surface area contributed by atoms with E-state index in [1.165, 1.54) is 28.2 Å². The Morgan fingerprint density at radius 3 is 2.72 bits per heavy atom. The zero-order chi connectivity index (χ0) is 22.4. The van der Waals surface area contributed by atoms with Gasteiger partial charge in [0.15, 0.2) is 11.6 Å². The molecule has 5 rings (SSSR count). The summed E-state index contributed by atoms with van der Waals surface area (Å²) in [4.78, 5) is 17.4. The highest BCUT2D eigenvalue weighted by Crippen LogP contribution is 2.35. The van der Waals surface area contributed by atoms with E-state index in [2.05, 4.69) is 10.1 Å². The van der Waals surface area contributed by atoms with Crippen molar-refractivity contribution in [2.45, 2.75) is 38.8 Å². The van der Waals surface area contributed by atoms with Gasteiger partial charge in [0, 0.05) is 12.5 Å². The highest BCUT2D eigenvalue weighted by Gasteiger charge is 2.29. The van der Waals surface area contributed by atoms with Crippen LogP contribution < -0.4 is 10.4 Å². The van der Waals surface area contributed by atoms with Crippen LogP contribution in [0.3, 0.4) is 0 Å². The quantitative estimate of drug-likeness (QED) is 0.488. The van der Waals surface area contributed by atoms with Crippen molar-refractivity contribution in [3.63, 3.8) is 0 Å². The maximum Gasteiger partial charge on any atom is 0.351 e. The molecular formula is C23H21FN4O3S. The van der Waals surface area contributed by atoms with Crippen LogP contribution >= 0.6 is 11.3 Å². The molecule has 7 nitrogen and oxygen atoms in total. The molecule has 4 aromatic rings. The van der Waals surface area contributed by atoms with E-state index in [1.807, 2.05) is 30.3 Å². The fraction of sp³-hybridized carbons (Fsp3) is 0.261. The highest BCUT2D eigenvalue weighted by atomic mass is 32.1. The van der Waals surface area contributed by atoms with E-state index in [9.17, 15) is 14.3 Å². The second-order valence-electron chi connectivity index (χ2n) is 7.76. The van der Waals surface area contributed by atoms with Gasteiger partial charge in [-0.3, -0.25) is 4.57 Å². The van der Waals surface area contributed by atoms with Gasteiger partial charge in [0.25, 0.3) is 0 Å². The normalized spacial score (nSPS) is 16.2. The molecule has 2 aromatic heterocycles. The van der Waals surface area contributed by atoms with Crippen LogP contribution in [-0.4, -0.2) is 24.4 Å². The van der Waals surface area contributed by atoms with E-state index >= 15 is 0 Å². The van der Waals surface area contributed by atoms with Gasteiger partial charge in [0.05, 0.1) is 17.4 Å². The van der Waals surface area contributed by atoms with Crippen LogP contribution in [0.5, 0.6) is 10.8 Å². The van der Waals surface area contributed by atoms with E-state index in [1.54, 1.807) is 24.5 Å². The fourth-order valence-corrected chi connectivity index (χ4v) is 4.80. The molecule has 9 heteroatoms. The van der Waals surface area contributed by atoms with Crippen LogP contribution in [0, 0.1) is 12.7 Å². The van der Waals surface area contributed by atoms with Crippen LogP contribution in [0.4, 0.5) is 4.39 Å². The molecule has 0 fully saturated rings. The molecule has 0 saturated carbocycles. The summed E-state index contributed by atoms with van der Waals surface area (Å²) in [5, 5.41) is 15.1. The largest absolute Gasteiger partial charge is 0.442 e. The molecule has 1 N–H and O–H groups in total. The topological polar surface area (TPSA) is 82.2 Å². The fourth-order valence-electron chi connectivity index (χ4n) is 3.94. The number of aromatic nitrogens is 4. The number of hydrogen-bond acceptors (Lipinski definition) is 6. The van der Waals surface area contributed by atoms with Crippen molar-refractivity contribution in [2.75, 3.05) is 0 Å². The van der Waals surface area contributed by atoms with Crippen molar-refractivity contribution in [1.29, 1.82) is 0 Å². The van der Waals surface area contributed by atoms with Gasteiger partial charge >= 0.3 is 5.69 Å². The van der Waals surface area contributed by atoms with Gasteiger partial charge in [0.1, 0.15) is 16.9 Å². The Kier molecular flexibility index (Phi) is 5.15. The Labute approximate surface area is 187 Å². The summed E-state index contributed by atoms with van der Waals surface area (Å²) in [6.07, 6.45) is 0.770.